The van der Waals surface area contributed by atoms with E-state index in [0.29, 0.717) is 17.1 Å². The van der Waals surface area contributed by atoms with Crippen LogP contribution in [0.3, 0.4) is 0 Å². The third kappa shape index (κ3) is 2.42. The zero-order valence-electron chi connectivity index (χ0n) is 9.79. The smallest absolute Gasteiger partial charge is 0.228 e. The largest absolute Gasteiger partial charge is 0.456 e. The van der Waals surface area contributed by atoms with Crippen LogP contribution in [0.4, 0.5) is 0 Å². The first-order valence-electron chi connectivity index (χ1n) is 5.38. The third-order valence-corrected chi connectivity index (χ3v) is 2.92. The molecule has 17 heavy (non-hydrogen) atoms. The number of rotatable bonds is 3. The van der Waals surface area contributed by atoms with Gasteiger partial charge in [-0.05, 0) is 37.6 Å². The number of furan rings is 1. The number of carbonyl (C=O) groups excluding carboxylic acids is 1. The van der Waals surface area contributed by atoms with E-state index in [1.807, 2.05) is 32.0 Å². The lowest BCUT2D eigenvalue weighted by atomic mass is 10.0. The van der Waals surface area contributed by atoms with Crippen molar-refractivity contribution >= 4 is 17.4 Å². The Balaban J connectivity index is 2.39. The summed E-state index contributed by atoms with van der Waals surface area (Å²) in [5.74, 6) is 1.14. The lowest BCUT2D eigenvalue weighted by Crippen LogP contribution is -2.02. The molecule has 0 aliphatic heterocycles. The van der Waals surface area contributed by atoms with E-state index in [1.54, 1.807) is 12.1 Å². The number of hydrogen-bond donors (Lipinski definition) is 0. The Hall–Kier alpha value is -1.54. The van der Waals surface area contributed by atoms with Crippen LogP contribution in [0.25, 0.3) is 0 Å². The molecule has 0 unspecified atom stereocenters. The molecular weight excluding hydrogens is 236 g/mol. The van der Waals surface area contributed by atoms with E-state index < -0.39 is 0 Å². The van der Waals surface area contributed by atoms with Crippen molar-refractivity contribution in [3.63, 3.8) is 0 Å². The summed E-state index contributed by atoms with van der Waals surface area (Å²) < 4.78 is 5.36. The number of benzene rings is 1. The fourth-order valence-corrected chi connectivity index (χ4v) is 1.83. The quantitative estimate of drug-likeness (QED) is 0.610. The number of alkyl halides is 1. The molecule has 2 aromatic rings. The fraction of sp³-hybridized carbons (Fsp3) is 0.214. The van der Waals surface area contributed by atoms with Crippen molar-refractivity contribution in [2.75, 3.05) is 0 Å². The second-order valence-electron chi connectivity index (χ2n) is 4.05. The summed E-state index contributed by atoms with van der Waals surface area (Å²) in [5.41, 5.74) is 2.69. The summed E-state index contributed by atoms with van der Waals surface area (Å²) in [5, 5.41) is 0. The zero-order valence-corrected chi connectivity index (χ0v) is 10.5. The minimum atomic E-state index is -0.0948. The average Bonchev–Trinajstić information content (AvgIpc) is 2.80. The molecule has 1 heterocycles. The predicted octanol–water partition coefficient (Wildman–Crippen LogP) is 3.87. The van der Waals surface area contributed by atoms with E-state index in [2.05, 4.69) is 0 Å². The molecular formula is C14H13ClO2. The van der Waals surface area contributed by atoms with Gasteiger partial charge in [-0.2, -0.15) is 0 Å². The van der Waals surface area contributed by atoms with Crippen LogP contribution in [0.1, 0.15) is 33.0 Å². The van der Waals surface area contributed by atoms with Crippen LogP contribution in [0, 0.1) is 13.8 Å². The molecule has 1 aromatic heterocycles. The molecule has 2 nitrogen and oxygen atoms in total. The summed E-state index contributed by atoms with van der Waals surface area (Å²) >= 11 is 5.64. The Morgan fingerprint density at radius 2 is 2.00 bits per heavy atom. The summed E-state index contributed by atoms with van der Waals surface area (Å²) in [6.45, 7) is 3.88. The molecule has 0 N–H and O–H groups in total. The topological polar surface area (TPSA) is 30.2 Å². The van der Waals surface area contributed by atoms with Gasteiger partial charge >= 0.3 is 0 Å². The maximum absolute atomic E-state index is 12.2. The molecule has 0 aliphatic rings. The Kier molecular flexibility index (Phi) is 3.34. The number of hydrogen-bond acceptors (Lipinski definition) is 2. The monoisotopic (exact) mass is 248 g/mol. The van der Waals surface area contributed by atoms with Gasteiger partial charge in [0.25, 0.3) is 0 Å². The summed E-state index contributed by atoms with van der Waals surface area (Å²) in [7, 11) is 0. The Labute approximate surface area is 105 Å². The van der Waals surface area contributed by atoms with Crippen LogP contribution >= 0.6 is 11.6 Å². The number of halogens is 1. The highest BCUT2D eigenvalue weighted by Gasteiger charge is 2.15. The minimum Gasteiger partial charge on any atom is -0.456 e. The SMILES string of the molecule is Cc1ccc(C)c(C(=O)c2ccc(CCl)o2)c1. The molecule has 0 saturated heterocycles. The first-order valence-corrected chi connectivity index (χ1v) is 5.92. The molecule has 0 atom stereocenters. The first-order chi connectivity index (χ1) is 8.11. The number of carbonyl (C=O) groups is 1. The van der Waals surface area contributed by atoms with Crippen molar-refractivity contribution in [1.82, 2.24) is 0 Å². The molecule has 1 aromatic carbocycles. The van der Waals surface area contributed by atoms with Gasteiger partial charge in [-0.15, -0.1) is 11.6 Å². The highest BCUT2D eigenvalue weighted by molar-refractivity contribution is 6.17. The van der Waals surface area contributed by atoms with Crippen LogP contribution in [0.15, 0.2) is 34.7 Å². The molecule has 0 spiro atoms. The van der Waals surface area contributed by atoms with Gasteiger partial charge in [-0.3, -0.25) is 4.79 Å². The molecule has 88 valence electrons. The Morgan fingerprint density at radius 3 is 2.65 bits per heavy atom. The van der Waals surface area contributed by atoms with E-state index in [9.17, 15) is 4.79 Å². The number of aryl methyl sites for hydroxylation is 2. The van der Waals surface area contributed by atoms with Crippen molar-refractivity contribution in [2.24, 2.45) is 0 Å². The van der Waals surface area contributed by atoms with Crippen LogP contribution in [0.5, 0.6) is 0 Å². The summed E-state index contributed by atoms with van der Waals surface area (Å²) in [4.78, 5) is 12.2. The second-order valence-corrected chi connectivity index (χ2v) is 4.31. The normalized spacial score (nSPS) is 10.5. The minimum absolute atomic E-state index is 0.0948. The van der Waals surface area contributed by atoms with Gasteiger partial charge in [-0.25, -0.2) is 0 Å². The van der Waals surface area contributed by atoms with Gasteiger partial charge in [0.1, 0.15) is 5.76 Å². The zero-order chi connectivity index (χ0) is 12.4. The van der Waals surface area contributed by atoms with Gasteiger partial charge in [0, 0.05) is 5.56 Å². The van der Waals surface area contributed by atoms with Crippen LogP contribution in [0.2, 0.25) is 0 Å². The van der Waals surface area contributed by atoms with E-state index in [-0.39, 0.29) is 11.7 Å². The first kappa shape index (κ1) is 11.9. The van der Waals surface area contributed by atoms with Crippen LogP contribution in [-0.4, -0.2) is 5.78 Å². The van der Waals surface area contributed by atoms with Gasteiger partial charge in [0.15, 0.2) is 5.76 Å². The lowest BCUT2D eigenvalue weighted by molar-refractivity contribution is 0.101. The second kappa shape index (κ2) is 4.76. The molecule has 0 amide bonds. The molecule has 0 aliphatic carbocycles. The standard InChI is InChI=1S/C14H13ClO2/c1-9-3-4-10(2)12(7-9)14(16)13-6-5-11(8-15)17-13/h3-7H,8H2,1-2H3. The van der Waals surface area contributed by atoms with E-state index in [1.165, 1.54) is 0 Å². The van der Waals surface area contributed by atoms with Crippen LogP contribution in [-0.2, 0) is 5.88 Å². The molecule has 3 heteroatoms. The van der Waals surface area contributed by atoms with E-state index >= 15 is 0 Å². The number of ketones is 1. The summed E-state index contributed by atoms with van der Waals surface area (Å²) in [6, 6.07) is 9.19. The van der Waals surface area contributed by atoms with Crippen molar-refractivity contribution in [1.29, 1.82) is 0 Å². The third-order valence-electron chi connectivity index (χ3n) is 2.65. The van der Waals surface area contributed by atoms with Gasteiger partial charge < -0.3 is 4.42 Å². The Morgan fingerprint density at radius 1 is 1.24 bits per heavy atom. The predicted molar refractivity (Wildman–Crippen MR) is 67.6 cm³/mol. The van der Waals surface area contributed by atoms with Crippen molar-refractivity contribution in [3.05, 3.63) is 58.5 Å². The highest BCUT2D eigenvalue weighted by Crippen LogP contribution is 2.18. The molecule has 0 bridgehead atoms. The van der Waals surface area contributed by atoms with Gasteiger partial charge in [0.2, 0.25) is 5.78 Å². The lowest BCUT2D eigenvalue weighted by Gasteiger charge is -2.04. The molecule has 0 fully saturated rings. The molecule has 0 radical (unpaired) electrons. The van der Waals surface area contributed by atoms with Crippen molar-refractivity contribution < 1.29 is 9.21 Å². The molecule has 2 rings (SSSR count). The maximum Gasteiger partial charge on any atom is 0.228 e. The van der Waals surface area contributed by atoms with E-state index in [4.69, 9.17) is 16.0 Å². The van der Waals surface area contributed by atoms with Gasteiger partial charge in [-0.1, -0.05) is 17.7 Å². The van der Waals surface area contributed by atoms with Crippen LogP contribution < -0.4 is 0 Å². The van der Waals surface area contributed by atoms with E-state index in [0.717, 1.165) is 11.1 Å². The average molecular weight is 249 g/mol. The summed E-state index contributed by atoms with van der Waals surface area (Å²) in [6.07, 6.45) is 0. The van der Waals surface area contributed by atoms with Gasteiger partial charge in [0.05, 0.1) is 5.88 Å². The van der Waals surface area contributed by atoms with Crippen molar-refractivity contribution in [3.8, 4) is 0 Å². The maximum atomic E-state index is 12.2. The Bertz CT molecular complexity index is 555. The molecule has 0 saturated carbocycles. The highest BCUT2D eigenvalue weighted by atomic mass is 35.5. The van der Waals surface area contributed by atoms with Crippen molar-refractivity contribution in [2.45, 2.75) is 19.7 Å². The fourth-order valence-electron chi connectivity index (χ4n) is 1.68.